The molecule has 0 unspecified atom stereocenters. The molecule has 1 amide bonds. The monoisotopic (exact) mass is 507 g/mol. The molecule has 0 bridgehead atoms. The van der Waals surface area contributed by atoms with Crippen LogP contribution in [0.25, 0.3) is 0 Å². The number of nitrogens with zero attached hydrogens (tertiary/aromatic N) is 1. The summed E-state index contributed by atoms with van der Waals surface area (Å²) in [6.07, 6.45) is -0.0243. The van der Waals surface area contributed by atoms with Gasteiger partial charge in [0.25, 0.3) is 0 Å². The van der Waals surface area contributed by atoms with Gasteiger partial charge in [-0.3, -0.25) is 0 Å². The molecule has 1 aromatic rings. The van der Waals surface area contributed by atoms with Crippen molar-refractivity contribution in [3.63, 3.8) is 0 Å². The van der Waals surface area contributed by atoms with Gasteiger partial charge in [-0.25, -0.2) is 13.6 Å². The third-order valence-electron chi connectivity index (χ3n) is 4.23. The minimum atomic E-state index is -4.70. The number of carbonyl (C=O) groups excluding carboxylic acids is 1. The molecule has 0 N–H and O–H groups in total. The molecule has 1 fully saturated rings. The number of piperidine rings is 1. The molecule has 1 aliphatic rings. The number of ether oxygens (including phenoxy) is 1. The molecule has 1 aliphatic heterocycles. The van der Waals surface area contributed by atoms with Gasteiger partial charge in [0.15, 0.2) is 11.6 Å². The molecule has 0 spiro atoms. The zero-order valence-corrected chi connectivity index (χ0v) is 18.3. The van der Waals surface area contributed by atoms with Crippen LogP contribution in [0.5, 0.6) is 0 Å². The van der Waals surface area contributed by atoms with E-state index in [1.807, 2.05) is 0 Å². The molecule has 3 nitrogen and oxygen atoms in total. The third-order valence-corrected chi connectivity index (χ3v) is 6.12. The molecule has 2 rings (SSSR count). The molecular weight excluding hydrogens is 488 g/mol. The molecule has 0 aliphatic carbocycles. The highest BCUT2D eigenvalue weighted by Crippen LogP contribution is 2.52. The van der Waals surface area contributed by atoms with Crippen LogP contribution in [0.4, 0.5) is 31.1 Å². The minimum Gasteiger partial charge on any atom is -0.444 e. The van der Waals surface area contributed by atoms with E-state index < -0.39 is 56.0 Å². The highest BCUT2D eigenvalue weighted by atomic mass is 79.9. The van der Waals surface area contributed by atoms with Crippen molar-refractivity contribution in [2.24, 2.45) is 0 Å². The summed E-state index contributed by atoms with van der Waals surface area (Å²) < 4.78 is 87.0. The van der Waals surface area contributed by atoms with Gasteiger partial charge in [0.1, 0.15) is 5.60 Å². The van der Waals surface area contributed by atoms with Crippen LogP contribution in [-0.2, 0) is 4.74 Å². The summed E-state index contributed by atoms with van der Waals surface area (Å²) in [6.45, 7) is 5.54. The van der Waals surface area contributed by atoms with E-state index in [9.17, 15) is 31.1 Å². The molecule has 0 aromatic heterocycles. The lowest BCUT2D eigenvalue weighted by molar-refractivity contribution is -0.0780. The van der Waals surface area contributed by atoms with Gasteiger partial charge >= 0.3 is 16.2 Å². The summed E-state index contributed by atoms with van der Waals surface area (Å²) in [5.74, 6) is -3.51. The predicted molar refractivity (Wildman–Crippen MR) is 101 cm³/mol. The first-order chi connectivity index (χ1) is 13.1. The Morgan fingerprint density at radius 2 is 1.69 bits per heavy atom. The highest BCUT2D eigenvalue weighted by Gasteiger charge is 2.56. The van der Waals surface area contributed by atoms with Crippen LogP contribution in [-0.4, -0.2) is 39.8 Å². The zero-order chi connectivity index (χ0) is 22.2. The second kappa shape index (κ2) is 8.56. The fourth-order valence-corrected chi connectivity index (χ4v) is 4.01. The van der Waals surface area contributed by atoms with Crippen LogP contribution in [0.3, 0.4) is 0 Å². The Bertz CT molecular complexity index is 758. The van der Waals surface area contributed by atoms with Gasteiger partial charge in [0, 0.05) is 13.1 Å². The Labute approximate surface area is 177 Å². The first-order valence-corrected chi connectivity index (χ1v) is 10.3. The molecule has 1 aromatic carbocycles. The van der Waals surface area contributed by atoms with Crippen LogP contribution >= 0.6 is 27.7 Å². The van der Waals surface area contributed by atoms with E-state index in [1.165, 1.54) is 4.90 Å². The number of halogens is 7. The summed E-state index contributed by atoms with van der Waals surface area (Å²) in [4.78, 5) is 8.08. The van der Waals surface area contributed by atoms with Crippen LogP contribution in [0, 0.1) is 11.6 Å². The summed E-state index contributed by atoms with van der Waals surface area (Å²) in [5.41, 5.74) is -0.682. The number of carbonyl (C=O) groups is 1. The van der Waals surface area contributed by atoms with Gasteiger partial charge in [0.2, 0.25) is 0 Å². The summed E-state index contributed by atoms with van der Waals surface area (Å²) >= 11 is 0.869. The molecule has 29 heavy (non-hydrogen) atoms. The Morgan fingerprint density at radius 3 is 2.17 bits per heavy atom. The largest absolute Gasteiger partial charge is 0.444 e. The molecule has 0 saturated carbocycles. The number of likely N-dealkylation sites (tertiary alicyclic amines) is 1. The molecule has 11 heteroatoms. The van der Waals surface area contributed by atoms with E-state index in [2.05, 4.69) is 0 Å². The number of alkyl halides is 5. The number of hydrogen-bond acceptors (Lipinski definition) is 3. The average molecular weight is 508 g/mol. The van der Waals surface area contributed by atoms with Gasteiger partial charge in [-0.2, -0.15) is 17.6 Å². The van der Waals surface area contributed by atoms with Crippen molar-refractivity contribution in [1.82, 2.24) is 4.90 Å². The summed E-state index contributed by atoms with van der Waals surface area (Å²) in [7, 11) is 0. The highest BCUT2D eigenvalue weighted by molar-refractivity contribution is 9.10. The predicted octanol–water partition coefficient (Wildman–Crippen LogP) is 6.75. The fraction of sp³-hybridized carbons (Fsp3) is 0.611. The van der Waals surface area contributed by atoms with E-state index in [4.69, 9.17) is 4.74 Å². The molecule has 164 valence electrons. The van der Waals surface area contributed by atoms with Crippen LogP contribution in [0.1, 0.15) is 45.1 Å². The third kappa shape index (κ3) is 5.96. The number of thioether (sulfide) groups is 1. The average Bonchev–Trinajstić information content (AvgIpc) is 2.57. The summed E-state index contributed by atoms with van der Waals surface area (Å²) in [6, 6.07) is 1.90. The maximum Gasteiger partial charge on any atom is 0.410 e. The number of rotatable bonds is 4. The first-order valence-electron chi connectivity index (χ1n) is 8.72. The van der Waals surface area contributed by atoms with Crippen molar-refractivity contribution < 1.29 is 35.9 Å². The Balaban J connectivity index is 2.22. The van der Waals surface area contributed by atoms with Crippen LogP contribution in [0.15, 0.2) is 17.0 Å². The molecule has 1 saturated heterocycles. The van der Waals surface area contributed by atoms with Crippen molar-refractivity contribution >= 4 is 33.8 Å². The van der Waals surface area contributed by atoms with Crippen molar-refractivity contribution in [3.05, 3.63) is 29.3 Å². The lowest BCUT2D eigenvalue weighted by Crippen LogP contribution is -2.41. The van der Waals surface area contributed by atoms with Crippen molar-refractivity contribution in [1.29, 1.82) is 0 Å². The van der Waals surface area contributed by atoms with Gasteiger partial charge in [-0.1, -0.05) is 6.07 Å². The van der Waals surface area contributed by atoms with E-state index in [-0.39, 0.29) is 31.5 Å². The molecule has 0 radical (unpaired) electrons. The van der Waals surface area contributed by atoms with E-state index in [0.29, 0.717) is 0 Å². The Hall–Kier alpha value is -1.10. The minimum absolute atomic E-state index is 0.00848. The van der Waals surface area contributed by atoms with Crippen LogP contribution in [0.2, 0.25) is 0 Å². The SMILES string of the molecule is CC(C)(C)OC(=O)N1CCC(c2ccc(F)c(F)c2SC(F)(F)C(F)(F)Br)CC1. The smallest absolute Gasteiger partial charge is 0.410 e. The topological polar surface area (TPSA) is 29.5 Å². The number of benzene rings is 1. The molecule has 0 atom stereocenters. The first kappa shape index (κ1) is 24.2. The van der Waals surface area contributed by atoms with Crippen molar-refractivity contribution in [2.75, 3.05) is 13.1 Å². The van der Waals surface area contributed by atoms with E-state index >= 15 is 0 Å². The zero-order valence-electron chi connectivity index (χ0n) is 15.9. The normalized spacial score (nSPS) is 16.8. The van der Waals surface area contributed by atoms with E-state index in [1.54, 1.807) is 36.7 Å². The van der Waals surface area contributed by atoms with E-state index in [0.717, 1.165) is 12.1 Å². The number of amides is 1. The molecule has 1 heterocycles. The Kier molecular flexibility index (Phi) is 7.14. The maximum absolute atomic E-state index is 14.3. The second-order valence-electron chi connectivity index (χ2n) is 7.64. The van der Waals surface area contributed by atoms with Gasteiger partial charge < -0.3 is 9.64 Å². The lowest BCUT2D eigenvalue weighted by atomic mass is 9.89. The molecular formula is C18H20BrF6NO2S. The standard InChI is InChI=1S/C18H20BrF6NO2S/c1-16(2,3)28-15(27)26-8-6-10(7-9-26)11-4-5-12(20)13(21)14(11)29-18(24,25)17(19,22)23/h4-5,10H,6-9H2,1-3H3. The quantitative estimate of drug-likeness (QED) is 0.256. The van der Waals surface area contributed by atoms with Crippen LogP contribution < -0.4 is 0 Å². The Morgan fingerprint density at radius 1 is 1.14 bits per heavy atom. The van der Waals surface area contributed by atoms with Gasteiger partial charge in [0.05, 0.1) is 4.90 Å². The van der Waals surface area contributed by atoms with Crippen molar-refractivity contribution in [3.8, 4) is 0 Å². The number of hydrogen-bond donors (Lipinski definition) is 0. The summed E-state index contributed by atoms with van der Waals surface area (Å²) in [5, 5.41) is -4.70. The lowest BCUT2D eigenvalue weighted by Gasteiger charge is -2.34. The fourth-order valence-electron chi connectivity index (χ4n) is 2.86. The van der Waals surface area contributed by atoms with Gasteiger partial charge in [-0.15, -0.1) is 0 Å². The second-order valence-corrected chi connectivity index (χ2v) is 9.76. The van der Waals surface area contributed by atoms with Gasteiger partial charge in [-0.05, 0) is 78.9 Å². The maximum atomic E-state index is 14.3. The van der Waals surface area contributed by atoms with Crippen molar-refractivity contribution in [2.45, 2.75) is 60.1 Å².